The number of carbonyl (C=O) groups is 1. The molecule has 2 aromatic carbocycles. The Morgan fingerprint density at radius 1 is 1.00 bits per heavy atom. The molecule has 0 amide bonds. The molecule has 0 unspecified atom stereocenters. The van der Waals surface area contributed by atoms with E-state index in [2.05, 4.69) is 15.1 Å². The number of carbonyl (C=O) groups excluding carboxylic acids is 1. The van der Waals surface area contributed by atoms with Gasteiger partial charge in [-0.25, -0.2) is 0 Å². The summed E-state index contributed by atoms with van der Waals surface area (Å²) >= 11 is 0. The van der Waals surface area contributed by atoms with Crippen molar-refractivity contribution in [2.24, 2.45) is 0 Å². The van der Waals surface area contributed by atoms with Gasteiger partial charge in [-0.05, 0) is 31.2 Å². The smallest absolute Gasteiger partial charge is 0.306 e. The summed E-state index contributed by atoms with van der Waals surface area (Å²) in [6.45, 7) is 2.00. The SMILES string of the molecule is Cc1ccc(-c2nc(COC(=O)CCc3ccc4ccccc4n3)no2)cc1. The number of benzene rings is 2. The molecule has 28 heavy (non-hydrogen) atoms. The number of hydrogen-bond donors (Lipinski definition) is 0. The van der Waals surface area contributed by atoms with E-state index in [0.717, 1.165) is 27.7 Å². The fourth-order valence-electron chi connectivity index (χ4n) is 2.82. The fraction of sp³-hybridized carbons (Fsp3) is 0.182. The summed E-state index contributed by atoms with van der Waals surface area (Å²) in [5.74, 6) is 0.427. The predicted molar refractivity (Wildman–Crippen MR) is 104 cm³/mol. The Balaban J connectivity index is 1.30. The molecule has 0 fully saturated rings. The number of aromatic nitrogens is 3. The van der Waals surface area contributed by atoms with Crippen LogP contribution in [0.2, 0.25) is 0 Å². The average Bonchev–Trinajstić information content (AvgIpc) is 3.20. The zero-order valence-electron chi connectivity index (χ0n) is 15.5. The van der Waals surface area contributed by atoms with Crippen molar-refractivity contribution in [3.8, 4) is 11.5 Å². The van der Waals surface area contributed by atoms with Crippen LogP contribution in [0.25, 0.3) is 22.4 Å². The van der Waals surface area contributed by atoms with E-state index in [-0.39, 0.29) is 19.0 Å². The number of hydrogen-bond acceptors (Lipinski definition) is 6. The molecule has 2 aromatic heterocycles. The van der Waals surface area contributed by atoms with Crippen LogP contribution in [0.4, 0.5) is 0 Å². The summed E-state index contributed by atoms with van der Waals surface area (Å²) < 4.78 is 10.5. The van der Waals surface area contributed by atoms with E-state index in [0.29, 0.717) is 18.1 Å². The highest BCUT2D eigenvalue weighted by Gasteiger charge is 2.11. The molecule has 0 aliphatic heterocycles. The second-order valence-corrected chi connectivity index (χ2v) is 6.54. The van der Waals surface area contributed by atoms with Crippen molar-refractivity contribution in [2.75, 3.05) is 0 Å². The van der Waals surface area contributed by atoms with Gasteiger partial charge in [-0.15, -0.1) is 0 Å². The number of fused-ring (bicyclic) bond motifs is 1. The Morgan fingerprint density at radius 2 is 1.82 bits per heavy atom. The van der Waals surface area contributed by atoms with Gasteiger partial charge in [-0.2, -0.15) is 4.98 Å². The van der Waals surface area contributed by atoms with Crippen molar-refractivity contribution in [3.05, 3.63) is 77.7 Å². The maximum absolute atomic E-state index is 12.0. The van der Waals surface area contributed by atoms with Crippen LogP contribution in [0.3, 0.4) is 0 Å². The molecule has 6 nitrogen and oxygen atoms in total. The monoisotopic (exact) mass is 373 g/mol. The van der Waals surface area contributed by atoms with Gasteiger partial charge < -0.3 is 9.26 Å². The molecule has 0 atom stereocenters. The number of pyridine rings is 1. The fourth-order valence-corrected chi connectivity index (χ4v) is 2.82. The first-order valence-corrected chi connectivity index (χ1v) is 9.07. The quantitative estimate of drug-likeness (QED) is 0.470. The molecular weight excluding hydrogens is 354 g/mol. The Morgan fingerprint density at radius 3 is 2.68 bits per heavy atom. The summed E-state index contributed by atoms with van der Waals surface area (Å²) in [4.78, 5) is 20.9. The van der Waals surface area contributed by atoms with Crippen LogP contribution in [0.1, 0.15) is 23.5 Å². The second-order valence-electron chi connectivity index (χ2n) is 6.54. The van der Waals surface area contributed by atoms with Gasteiger partial charge in [0.25, 0.3) is 5.89 Å². The lowest BCUT2D eigenvalue weighted by atomic mass is 10.1. The van der Waals surface area contributed by atoms with Gasteiger partial charge in [-0.1, -0.05) is 47.1 Å². The molecule has 0 N–H and O–H groups in total. The van der Waals surface area contributed by atoms with Crippen molar-refractivity contribution in [1.29, 1.82) is 0 Å². The van der Waals surface area contributed by atoms with Gasteiger partial charge in [0.1, 0.15) is 0 Å². The Bertz CT molecular complexity index is 1100. The third kappa shape index (κ3) is 4.23. The summed E-state index contributed by atoms with van der Waals surface area (Å²) in [7, 11) is 0. The van der Waals surface area contributed by atoms with Crippen LogP contribution < -0.4 is 0 Å². The Labute approximate surface area is 162 Å². The number of rotatable bonds is 6. The molecule has 0 spiro atoms. The highest BCUT2D eigenvalue weighted by Crippen LogP contribution is 2.18. The third-order valence-corrected chi connectivity index (χ3v) is 4.37. The predicted octanol–water partition coefficient (Wildman–Crippen LogP) is 4.27. The first-order chi connectivity index (χ1) is 13.7. The van der Waals surface area contributed by atoms with Gasteiger partial charge in [0, 0.05) is 23.1 Å². The molecule has 0 saturated carbocycles. The first kappa shape index (κ1) is 17.9. The highest BCUT2D eigenvalue weighted by molar-refractivity contribution is 5.78. The lowest BCUT2D eigenvalue weighted by molar-refractivity contribution is -0.145. The molecule has 0 bridgehead atoms. The van der Waals surface area contributed by atoms with Crippen molar-refractivity contribution in [1.82, 2.24) is 15.1 Å². The van der Waals surface area contributed by atoms with Gasteiger partial charge in [0.2, 0.25) is 5.82 Å². The molecule has 0 radical (unpaired) electrons. The molecule has 0 saturated heterocycles. The first-order valence-electron chi connectivity index (χ1n) is 9.07. The molecule has 0 aliphatic carbocycles. The van der Waals surface area contributed by atoms with Gasteiger partial charge in [0.05, 0.1) is 11.9 Å². The molecule has 0 aliphatic rings. The summed E-state index contributed by atoms with van der Waals surface area (Å²) in [5, 5.41) is 4.94. The van der Waals surface area contributed by atoms with Crippen LogP contribution in [0.5, 0.6) is 0 Å². The van der Waals surface area contributed by atoms with Crippen molar-refractivity contribution in [2.45, 2.75) is 26.4 Å². The maximum atomic E-state index is 12.0. The van der Waals surface area contributed by atoms with Gasteiger partial charge in [0.15, 0.2) is 6.61 Å². The zero-order chi connectivity index (χ0) is 19.3. The van der Waals surface area contributed by atoms with E-state index in [1.54, 1.807) is 0 Å². The third-order valence-electron chi connectivity index (χ3n) is 4.37. The summed E-state index contributed by atoms with van der Waals surface area (Å²) in [6.07, 6.45) is 0.762. The van der Waals surface area contributed by atoms with Crippen LogP contribution >= 0.6 is 0 Å². The maximum Gasteiger partial charge on any atom is 0.306 e. The minimum atomic E-state index is -0.323. The van der Waals surface area contributed by atoms with Crippen molar-refractivity contribution < 1.29 is 14.1 Å². The number of para-hydroxylation sites is 1. The number of esters is 1. The average molecular weight is 373 g/mol. The lowest BCUT2D eigenvalue weighted by Crippen LogP contribution is -2.07. The van der Waals surface area contributed by atoms with Crippen LogP contribution in [-0.2, 0) is 22.6 Å². The van der Waals surface area contributed by atoms with Gasteiger partial charge in [-0.3, -0.25) is 9.78 Å². The molecular formula is C22H19N3O3. The molecule has 140 valence electrons. The molecule has 6 heteroatoms. The van der Waals surface area contributed by atoms with E-state index in [4.69, 9.17) is 9.26 Å². The second kappa shape index (κ2) is 8.00. The van der Waals surface area contributed by atoms with E-state index < -0.39 is 0 Å². The largest absolute Gasteiger partial charge is 0.457 e. The van der Waals surface area contributed by atoms with Crippen LogP contribution in [0, 0.1) is 6.92 Å². The van der Waals surface area contributed by atoms with E-state index in [1.807, 2.05) is 67.6 Å². The molecule has 4 rings (SSSR count). The number of aryl methyl sites for hydroxylation is 2. The normalized spacial score (nSPS) is 10.9. The Kier molecular flexibility index (Phi) is 5.10. The zero-order valence-corrected chi connectivity index (χ0v) is 15.5. The van der Waals surface area contributed by atoms with Crippen LogP contribution in [0.15, 0.2) is 65.2 Å². The minimum absolute atomic E-state index is 0.0145. The topological polar surface area (TPSA) is 78.1 Å². The standard InChI is InChI=1S/C22H19N3O3/c1-15-6-8-17(9-7-15)22-24-20(25-28-22)14-27-21(26)13-12-18-11-10-16-4-2-3-5-19(16)23-18/h2-11H,12-14H2,1H3. The van der Waals surface area contributed by atoms with E-state index in [1.165, 1.54) is 0 Å². The van der Waals surface area contributed by atoms with E-state index >= 15 is 0 Å². The van der Waals surface area contributed by atoms with Crippen molar-refractivity contribution in [3.63, 3.8) is 0 Å². The number of nitrogens with zero attached hydrogens (tertiary/aromatic N) is 3. The highest BCUT2D eigenvalue weighted by atomic mass is 16.5. The lowest BCUT2D eigenvalue weighted by Gasteiger charge is -2.03. The molecule has 4 aromatic rings. The van der Waals surface area contributed by atoms with Crippen molar-refractivity contribution >= 4 is 16.9 Å². The summed E-state index contributed by atoms with van der Waals surface area (Å²) in [6, 6.07) is 19.6. The summed E-state index contributed by atoms with van der Waals surface area (Å²) in [5.41, 5.74) is 3.76. The van der Waals surface area contributed by atoms with E-state index in [9.17, 15) is 4.79 Å². The van der Waals surface area contributed by atoms with Crippen LogP contribution in [-0.4, -0.2) is 21.1 Å². The van der Waals surface area contributed by atoms with Gasteiger partial charge >= 0.3 is 5.97 Å². The Hall–Kier alpha value is -3.54. The molecule has 2 heterocycles. The number of ether oxygens (including phenoxy) is 1. The minimum Gasteiger partial charge on any atom is -0.457 e.